The molecule has 1 N–H and O–H groups in total. The molecule has 0 aromatic rings. The second-order valence-electron chi connectivity index (χ2n) is 7.27. The average molecular weight is 279 g/mol. The predicted molar refractivity (Wildman–Crippen MR) is 80.6 cm³/mol. The van der Waals surface area contributed by atoms with Gasteiger partial charge in [-0.15, -0.1) is 0 Å². The molecule has 4 nitrogen and oxygen atoms in total. The fourth-order valence-electron chi connectivity index (χ4n) is 4.25. The number of piperidine rings is 2. The van der Waals surface area contributed by atoms with E-state index in [9.17, 15) is 4.79 Å². The largest absolute Gasteiger partial charge is 0.341 e. The number of fused-ring (bicyclic) bond motifs is 2. The summed E-state index contributed by atoms with van der Waals surface area (Å²) < 4.78 is 0. The van der Waals surface area contributed by atoms with Crippen molar-refractivity contribution in [2.45, 2.75) is 63.6 Å². The van der Waals surface area contributed by atoms with Crippen molar-refractivity contribution in [1.82, 2.24) is 15.1 Å². The predicted octanol–water partition coefficient (Wildman–Crippen LogP) is 1.46. The summed E-state index contributed by atoms with van der Waals surface area (Å²) in [5, 5.41) is 3.68. The molecule has 3 atom stereocenters. The number of hydrogen-bond acceptors (Lipinski definition) is 3. The molecule has 3 rings (SSSR count). The molecule has 0 aromatic heterocycles. The standard InChI is InChI=1S/C16H29N3O/c1-12-4-3-7-19(10-12)16(20)11-18(2)15-8-13-5-6-14(9-15)17-13/h12-15,17H,3-11H2,1-2H3. The molecule has 0 aromatic carbocycles. The third kappa shape index (κ3) is 3.17. The van der Waals surface area contributed by atoms with Gasteiger partial charge in [0.05, 0.1) is 6.54 Å². The van der Waals surface area contributed by atoms with Crippen LogP contribution in [0.5, 0.6) is 0 Å². The van der Waals surface area contributed by atoms with Gasteiger partial charge in [-0.1, -0.05) is 6.92 Å². The maximum atomic E-state index is 12.4. The third-order valence-corrected chi connectivity index (χ3v) is 5.47. The van der Waals surface area contributed by atoms with Gasteiger partial charge in [0.2, 0.25) is 5.91 Å². The lowest BCUT2D eigenvalue weighted by atomic mass is 9.98. The van der Waals surface area contributed by atoms with E-state index >= 15 is 0 Å². The highest BCUT2D eigenvalue weighted by Crippen LogP contribution is 2.29. The molecule has 0 spiro atoms. The van der Waals surface area contributed by atoms with E-state index in [1.54, 1.807) is 0 Å². The Bertz CT molecular complexity index is 348. The highest BCUT2D eigenvalue weighted by molar-refractivity contribution is 5.78. The molecule has 3 unspecified atom stereocenters. The fraction of sp³-hybridized carbons (Fsp3) is 0.938. The van der Waals surface area contributed by atoms with Crippen molar-refractivity contribution in [3.63, 3.8) is 0 Å². The molecule has 3 saturated heterocycles. The Morgan fingerprint density at radius 2 is 1.95 bits per heavy atom. The number of amides is 1. The summed E-state index contributed by atoms with van der Waals surface area (Å²) in [5.41, 5.74) is 0. The second-order valence-corrected chi connectivity index (χ2v) is 7.27. The number of likely N-dealkylation sites (N-methyl/N-ethyl adjacent to an activating group) is 1. The second kappa shape index (κ2) is 6.02. The molecule has 0 radical (unpaired) electrons. The van der Waals surface area contributed by atoms with Crippen LogP contribution in [0.15, 0.2) is 0 Å². The molecule has 3 fully saturated rings. The highest BCUT2D eigenvalue weighted by atomic mass is 16.2. The van der Waals surface area contributed by atoms with Crippen LogP contribution >= 0.6 is 0 Å². The van der Waals surface area contributed by atoms with Gasteiger partial charge in [-0.3, -0.25) is 9.69 Å². The number of nitrogens with one attached hydrogen (secondary N) is 1. The van der Waals surface area contributed by atoms with Crippen molar-refractivity contribution in [2.75, 3.05) is 26.7 Å². The zero-order chi connectivity index (χ0) is 14.1. The molecule has 3 aliphatic rings. The summed E-state index contributed by atoms with van der Waals surface area (Å²) in [4.78, 5) is 16.8. The van der Waals surface area contributed by atoms with Crippen LogP contribution < -0.4 is 5.32 Å². The molecule has 2 bridgehead atoms. The lowest BCUT2D eigenvalue weighted by Crippen LogP contribution is -2.50. The van der Waals surface area contributed by atoms with Gasteiger partial charge in [-0.2, -0.15) is 0 Å². The summed E-state index contributed by atoms with van der Waals surface area (Å²) in [7, 11) is 2.14. The van der Waals surface area contributed by atoms with Crippen LogP contribution in [0, 0.1) is 5.92 Å². The van der Waals surface area contributed by atoms with Gasteiger partial charge < -0.3 is 10.2 Å². The first-order valence-electron chi connectivity index (χ1n) is 8.36. The number of carbonyl (C=O) groups excluding carboxylic acids is 1. The topological polar surface area (TPSA) is 35.6 Å². The van der Waals surface area contributed by atoms with Gasteiger partial charge in [0.15, 0.2) is 0 Å². The minimum atomic E-state index is 0.338. The first kappa shape index (κ1) is 14.3. The summed E-state index contributed by atoms with van der Waals surface area (Å²) >= 11 is 0. The number of likely N-dealkylation sites (tertiary alicyclic amines) is 1. The van der Waals surface area contributed by atoms with Crippen LogP contribution in [0.3, 0.4) is 0 Å². The van der Waals surface area contributed by atoms with E-state index in [1.165, 1.54) is 38.5 Å². The molecule has 3 heterocycles. The molecule has 4 heteroatoms. The highest BCUT2D eigenvalue weighted by Gasteiger charge is 2.35. The molecule has 114 valence electrons. The van der Waals surface area contributed by atoms with Crippen molar-refractivity contribution in [1.29, 1.82) is 0 Å². The molecule has 3 aliphatic heterocycles. The van der Waals surface area contributed by atoms with E-state index in [0.29, 0.717) is 36.5 Å². The van der Waals surface area contributed by atoms with E-state index in [0.717, 1.165) is 13.1 Å². The Morgan fingerprint density at radius 3 is 2.60 bits per heavy atom. The molecule has 1 amide bonds. The minimum absolute atomic E-state index is 0.338. The Labute approximate surface area is 122 Å². The first-order valence-corrected chi connectivity index (χ1v) is 8.36. The van der Waals surface area contributed by atoms with Crippen LogP contribution in [-0.2, 0) is 4.79 Å². The Kier molecular flexibility index (Phi) is 4.32. The van der Waals surface area contributed by atoms with Crippen LogP contribution in [0.25, 0.3) is 0 Å². The fourth-order valence-corrected chi connectivity index (χ4v) is 4.25. The Hall–Kier alpha value is -0.610. The zero-order valence-corrected chi connectivity index (χ0v) is 13.0. The summed E-state index contributed by atoms with van der Waals surface area (Å²) in [6.07, 6.45) is 7.54. The number of carbonyl (C=O) groups is 1. The van der Waals surface area contributed by atoms with Crippen LogP contribution in [-0.4, -0.2) is 60.5 Å². The quantitative estimate of drug-likeness (QED) is 0.849. The number of hydrogen-bond donors (Lipinski definition) is 1. The number of rotatable bonds is 3. The maximum absolute atomic E-state index is 12.4. The molecular weight excluding hydrogens is 250 g/mol. The van der Waals surface area contributed by atoms with Gasteiger partial charge >= 0.3 is 0 Å². The van der Waals surface area contributed by atoms with E-state index in [1.807, 2.05) is 0 Å². The van der Waals surface area contributed by atoms with Crippen molar-refractivity contribution in [2.24, 2.45) is 5.92 Å². The normalized spacial score (nSPS) is 37.5. The van der Waals surface area contributed by atoms with Crippen molar-refractivity contribution >= 4 is 5.91 Å². The van der Waals surface area contributed by atoms with E-state index < -0.39 is 0 Å². The van der Waals surface area contributed by atoms with Crippen LogP contribution in [0.2, 0.25) is 0 Å². The monoisotopic (exact) mass is 279 g/mol. The Balaban J connectivity index is 1.50. The molecule has 0 aliphatic carbocycles. The van der Waals surface area contributed by atoms with Crippen molar-refractivity contribution < 1.29 is 4.79 Å². The summed E-state index contributed by atoms with van der Waals surface area (Å²) in [5.74, 6) is 1.01. The summed E-state index contributed by atoms with van der Waals surface area (Å²) in [6.45, 7) is 4.79. The minimum Gasteiger partial charge on any atom is -0.341 e. The zero-order valence-electron chi connectivity index (χ0n) is 13.0. The van der Waals surface area contributed by atoms with Crippen molar-refractivity contribution in [3.8, 4) is 0 Å². The van der Waals surface area contributed by atoms with E-state index in [-0.39, 0.29) is 0 Å². The molecule has 0 saturated carbocycles. The molecule has 20 heavy (non-hydrogen) atoms. The van der Waals surface area contributed by atoms with Gasteiger partial charge in [0, 0.05) is 31.2 Å². The first-order chi connectivity index (χ1) is 9.61. The van der Waals surface area contributed by atoms with E-state index in [2.05, 4.69) is 29.1 Å². The number of nitrogens with zero attached hydrogens (tertiary/aromatic N) is 2. The lowest BCUT2D eigenvalue weighted by molar-refractivity contribution is -0.134. The van der Waals surface area contributed by atoms with Crippen molar-refractivity contribution in [3.05, 3.63) is 0 Å². The molecular formula is C16H29N3O. The van der Waals surface area contributed by atoms with Gasteiger partial charge in [0.1, 0.15) is 0 Å². The van der Waals surface area contributed by atoms with Crippen LogP contribution in [0.1, 0.15) is 45.4 Å². The van der Waals surface area contributed by atoms with Gasteiger partial charge in [-0.25, -0.2) is 0 Å². The van der Waals surface area contributed by atoms with Gasteiger partial charge in [0.25, 0.3) is 0 Å². The van der Waals surface area contributed by atoms with Gasteiger partial charge in [-0.05, 0) is 51.5 Å². The lowest BCUT2D eigenvalue weighted by Gasteiger charge is -2.37. The summed E-state index contributed by atoms with van der Waals surface area (Å²) in [6, 6.07) is 2.00. The van der Waals surface area contributed by atoms with Crippen LogP contribution in [0.4, 0.5) is 0 Å². The third-order valence-electron chi connectivity index (χ3n) is 5.47. The SMILES string of the molecule is CC1CCCN(C(=O)CN(C)C2CC3CCC(C2)N3)C1. The average Bonchev–Trinajstić information content (AvgIpc) is 2.77. The Morgan fingerprint density at radius 1 is 1.25 bits per heavy atom. The van der Waals surface area contributed by atoms with E-state index in [4.69, 9.17) is 0 Å². The smallest absolute Gasteiger partial charge is 0.236 e. The maximum Gasteiger partial charge on any atom is 0.236 e.